The summed E-state index contributed by atoms with van der Waals surface area (Å²) in [5, 5.41) is 12.2. The average molecular weight is 228 g/mol. The highest BCUT2D eigenvalue weighted by Gasteiger charge is 2.34. The Kier molecular flexibility index (Phi) is 4.74. The lowest BCUT2D eigenvalue weighted by Gasteiger charge is -2.30. The second kappa shape index (κ2) is 5.64. The number of nitrogens with one attached hydrogen (secondary N) is 1. The van der Waals surface area contributed by atoms with Crippen LogP contribution in [0, 0.1) is 11.8 Å². The molecule has 1 rings (SSSR count). The molecule has 0 heterocycles. The molecular weight excluding hydrogens is 204 g/mol. The molecule has 1 aliphatic carbocycles. The highest BCUT2D eigenvalue weighted by atomic mass is 16.3. The van der Waals surface area contributed by atoms with E-state index in [2.05, 4.69) is 5.32 Å². The fraction of sp³-hybridized carbons (Fsp3) is 0.917. The summed E-state index contributed by atoms with van der Waals surface area (Å²) in [7, 11) is 0. The van der Waals surface area contributed by atoms with Gasteiger partial charge in [-0.1, -0.05) is 13.3 Å². The van der Waals surface area contributed by atoms with E-state index in [1.807, 2.05) is 13.8 Å². The number of carbonyl (C=O) groups excluding carboxylic acids is 1. The lowest BCUT2D eigenvalue weighted by Crippen LogP contribution is -2.51. The number of aliphatic hydroxyl groups is 1. The van der Waals surface area contributed by atoms with Crippen molar-refractivity contribution in [1.29, 1.82) is 0 Å². The predicted octanol–water partition coefficient (Wildman–Crippen LogP) is 0.639. The zero-order valence-corrected chi connectivity index (χ0v) is 10.3. The average Bonchev–Trinajstić information content (AvgIpc) is 2.76. The molecule has 1 aliphatic rings. The zero-order valence-electron chi connectivity index (χ0n) is 10.3. The minimum atomic E-state index is -0.487. The SMILES string of the molecule is CCC(C)(CO)NC(=O)C1CCCC1CN. The Hall–Kier alpha value is -0.610. The van der Waals surface area contributed by atoms with Gasteiger partial charge in [0, 0.05) is 5.92 Å². The number of hydrogen-bond donors (Lipinski definition) is 3. The molecule has 94 valence electrons. The molecule has 0 aromatic rings. The molecule has 0 aliphatic heterocycles. The number of nitrogens with two attached hydrogens (primary N) is 1. The van der Waals surface area contributed by atoms with E-state index in [1.54, 1.807) is 0 Å². The van der Waals surface area contributed by atoms with Crippen molar-refractivity contribution < 1.29 is 9.90 Å². The van der Waals surface area contributed by atoms with Gasteiger partial charge in [-0.25, -0.2) is 0 Å². The maximum Gasteiger partial charge on any atom is 0.223 e. The molecule has 0 bridgehead atoms. The number of hydrogen-bond acceptors (Lipinski definition) is 3. The Morgan fingerprint density at radius 1 is 1.56 bits per heavy atom. The normalized spacial score (nSPS) is 28.8. The first-order valence-corrected chi connectivity index (χ1v) is 6.19. The number of carbonyl (C=O) groups is 1. The van der Waals surface area contributed by atoms with Crippen LogP contribution in [0.1, 0.15) is 39.5 Å². The van der Waals surface area contributed by atoms with Crippen LogP contribution in [0.3, 0.4) is 0 Å². The van der Waals surface area contributed by atoms with Gasteiger partial charge >= 0.3 is 0 Å². The Bertz CT molecular complexity index is 239. The van der Waals surface area contributed by atoms with Crippen LogP contribution in [-0.4, -0.2) is 29.7 Å². The van der Waals surface area contributed by atoms with Gasteiger partial charge in [0.05, 0.1) is 12.1 Å². The van der Waals surface area contributed by atoms with E-state index in [9.17, 15) is 9.90 Å². The Balaban J connectivity index is 2.57. The first-order valence-electron chi connectivity index (χ1n) is 6.19. The summed E-state index contributed by atoms with van der Waals surface area (Å²) in [6.07, 6.45) is 3.80. The van der Waals surface area contributed by atoms with Crippen LogP contribution in [0.4, 0.5) is 0 Å². The van der Waals surface area contributed by atoms with Crippen molar-refractivity contribution in [3.63, 3.8) is 0 Å². The molecule has 0 aromatic carbocycles. The number of aliphatic hydroxyl groups excluding tert-OH is 1. The fourth-order valence-electron chi connectivity index (χ4n) is 2.29. The molecule has 0 aromatic heterocycles. The number of amides is 1. The first-order chi connectivity index (χ1) is 7.56. The molecule has 4 heteroatoms. The monoisotopic (exact) mass is 228 g/mol. The van der Waals surface area contributed by atoms with Crippen molar-refractivity contribution in [1.82, 2.24) is 5.32 Å². The van der Waals surface area contributed by atoms with Crippen LogP contribution < -0.4 is 11.1 Å². The second-order valence-electron chi connectivity index (χ2n) is 5.09. The molecular formula is C12H24N2O2. The molecule has 1 amide bonds. The second-order valence-corrected chi connectivity index (χ2v) is 5.09. The number of rotatable bonds is 5. The van der Waals surface area contributed by atoms with Crippen LogP contribution in [0.5, 0.6) is 0 Å². The van der Waals surface area contributed by atoms with Crippen molar-refractivity contribution in [2.45, 2.75) is 45.1 Å². The summed E-state index contributed by atoms with van der Waals surface area (Å²) in [4.78, 5) is 12.1. The van der Waals surface area contributed by atoms with Gasteiger partial charge < -0.3 is 16.2 Å². The zero-order chi connectivity index (χ0) is 12.2. The summed E-state index contributed by atoms with van der Waals surface area (Å²) in [5.41, 5.74) is 5.17. The molecule has 0 saturated heterocycles. The maximum absolute atomic E-state index is 12.1. The lowest BCUT2D eigenvalue weighted by atomic mass is 9.92. The maximum atomic E-state index is 12.1. The van der Waals surface area contributed by atoms with E-state index in [1.165, 1.54) is 0 Å². The molecule has 0 radical (unpaired) electrons. The van der Waals surface area contributed by atoms with E-state index in [0.717, 1.165) is 25.7 Å². The standard InChI is InChI=1S/C12H24N2O2/c1-3-12(2,8-15)14-11(16)10-6-4-5-9(10)7-13/h9-10,15H,3-8,13H2,1-2H3,(H,14,16). The lowest BCUT2D eigenvalue weighted by molar-refractivity contribution is -0.128. The summed E-state index contributed by atoms with van der Waals surface area (Å²) < 4.78 is 0. The summed E-state index contributed by atoms with van der Waals surface area (Å²) in [6, 6.07) is 0. The van der Waals surface area contributed by atoms with Crippen LogP contribution in [0.15, 0.2) is 0 Å². The molecule has 4 N–H and O–H groups in total. The third-order valence-corrected chi connectivity index (χ3v) is 3.85. The highest BCUT2D eigenvalue weighted by molar-refractivity contribution is 5.80. The minimum Gasteiger partial charge on any atom is -0.394 e. The van der Waals surface area contributed by atoms with E-state index in [0.29, 0.717) is 12.5 Å². The van der Waals surface area contributed by atoms with Gasteiger partial charge in [0.25, 0.3) is 0 Å². The smallest absolute Gasteiger partial charge is 0.223 e. The van der Waals surface area contributed by atoms with E-state index in [4.69, 9.17) is 5.73 Å². The molecule has 3 atom stereocenters. The minimum absolute atomic E-state index is 0.0186. The van der Waals surface area contributed by atoms with E-state index < -0.39 is 5.54 Å². The van der Waals surface area contributed by atoms with Crippen molar-refractivity contribution in [2.24, 2.45) is 17.6 Å². The topological polar surface area (TPSA) is 75.3 Å². The summed E-state index contributed by atoms with van der Waals surface area (Å²) in [5.74, 6) is 0.425. The molecule has 1 saturated carbocycles. The van der Waals surface area contributed by atoms with E-state index >= 15 is 0 Å². The summed E-state index contributed by atoms with van der Waals surface area (Å²) in [6.45, 7) is 4.40. The predicted molar refractivity (Wildman–Crippen MR) is 63.8 cm³/mol. The van der Waals surface area contributed by atoms with Crippen LogP contribution in [-0.2, 0) is 4.79 Å². The van der Waals surface area contributed by atoms with Gasteiger partial charge in [-0.15, -0.1) is 0 Å². The first kappa shape index (κ1) is 13.5. The van der Waals surface area contributed by atoms with E-state index in [-0.39, 0.29) is 18.4 Å². The van der Waals surface area contributed by atoms with Crippen molar-refractivity contribution >= 4 is 5.91 Å². The largest absolute Gasteiger partial charge is 0.394 e. The van der Waals surface area contributed by atoms with Crippen molar-refractivity contribution in [3.05, 3.63) is 0 Å². The third-order valence-electron chi connectivity index (χ3n) is 3.85. The molecule has 16 heavy (non-hydrogen) atoms. The van der Waals surface area contributed by atoms with Crippen molar-refractivity contribution in [2.75, 3.05) is 13.2 Å². The van der Waals surface area contributed by atoms with Gasteiger partial charge in [-0.2, -0.15) is 0 Å². The van der Waals surface area contributed by atoms with Crippen molar-refractivity contribution in [3.8, 4) is 0 Å². The fourth-order valence-corrected chi connectivity index (χ4v) is 2.29. The van der Waals surface area contributed by atoms with Gasteiger partial charge in [-0.3, -0.25) is 4.79 Å². The summed E-state index contributed by atoms with van der Waals surface area (Å²) >= 11 is 0. The van der Waals surface area contributed by atoms with Gasteiger partial charge in [0.2, 0.25) is 5.91 Å². The van der Waals surface area contributed by atoms with Gasteiger partial charge in [0.15, 0.2) is 0 Å². The molecule has 3 unspecified atom stereocenters. The van der Waals surface area contributed by atoms with Crippen LogP contribution >= 0.6 is 0 Å². The highest BCUT2D eigenvalue weighted by Crippen LogP contribution is 2.31. The molecule has 1 fully saturated rings. The quantitative estimate of drug-likeness (QED) is 0.646. The van der Waals surface area contributed by atoms with Gasteiger partial charge in [-0.05, 0) is 38.6 Å². The van der Waals surface area contributed by atoms with Crippen LogP contribution in [0.2, 0.25) is 0 Å². The Labute approximate surface area is 97.6 Å². The Morgan fingerprint density at radius 2 is 2.25 bits per heavy atom. The van der Waals surface area contributed by atoms with Crippen LogP contribution in [0.25, 0.3) is 0 Å². The third kappa shape index (κ3) is 2.95. The molecule has 4 nitrogen and oxygen atoms in total. The molecule has 0 spiro atoms. The Morgan fingerprint density at radius 3 is 2.75 bits per heavy atom. The van der Waals surface area contributed by atoms with Gasteiger partial charge in [0.1, 0.15) is 0 Å².